The lowest BCUT2D eigenvalue weighted by Crippen LogP contribution is -2.52. The minimum atomic E-state index is -0.566. The van der Waals surface area contributed by atoms with Gasteiger partial charge in [-0.3, -0.25) is 0 Å². The average Bonchev–Trinajstić information content (AvgIpc) is 2.66. The third-order valence-electron chi connectivity index (χ3n) is 4.58. The largest absolute Gasteiger partial charge is 0.363 e. The normalized spacial score (nSPS) is 14.4. The number of urea groups is 1. The van der Waals surface area contributed by atoms with Crippen LogP contribution >= 0.6 is 0 Å². The fourth-order valence-corrected chi connectivity index (χ4v) is 3.17. The molecular formula is C20H23F2N3O. The molecule has 0 spiro atoms. The molecule has 26 heavy (non-hydrogen) atoms. The zero-order valence-electron chi connectivity index (χ0n) is 14.6. The van der Waals surface area contributed by atoms with Crippen molar-refractivity contribution in [2.24, 2.45) is 0 Å². The van der Waals surface area contributed by atoms with E-state index in [1.807, 2.05) is 18.2 Å². The van der Waals surface area contributed by atoms with E-state index in [0.29, 0.717) is 32.7 Å². The lowest BCUT2D eigenvalue weighted by atomic mass is 10.1. The Hall–Kier alpha value is -2.63. The Morgan fingerprint density at radius 1 is 0.923 bits per heavy atom. The van der Waals surface area contributed by atoms with Crippen LogP contribution in [0.1, 0.15) is 12.0 Å². The summed E-state index contributed by atoms with van der Waals surface area (Å²) in [4.78, 5) is 15.6. The van der Waals surface area contributed by atoms with Gasteiger partial charge < -0.3 is 15.1 Å². The number of benzene rings is 2. The van der Waals surface area contributed by atoms with Gasteiger partial charge >= 0.3 is 6.03 Å². The van der Waals surface area contributed by atoms with Crippen LogP contribution < -0.4 is 10.2 Å². The number of piperazine rings is 1. The van der Waals surface area contributed by atoms with Crippen LogP contribution in [0.2, 0.25) is 0 Å². The van der Waals surface area contributed by atoms with Crippen molar-refractivity contribution in [3.63, 3.8) is 0 Å². The molecule has 1 N–H and O–H groups in total. The highest BCUT2D eigenvalue weighted by atomic mass is 19.1. The summed E-state index contributed by atoms with van der Waals surface area (Å²) < 4.78 is 27.7. The fraction of sp³-hybridized carbons (Fsp3) is 0.350. The standard InChI is InChI=1S/C20H23F2N3O/c21-17-9-4-10-18(22)19(17)24-12-14-25(15-13-24)20(26)23-11-5-8-16-6-2-1-3-7-16/h1-4,6-7,9-10H,5,8,11-15H2,(H,23,26). The van der Waals surface area contributed by atoms with Crippen LogP contribution in [-0.2, 0) is 6.42 Å². The number of hydrogen-bond donors (Lipinski definition) is 1. The molecular weight excluding hydrogens is 336 g/mol. The number of para-hydroxylation sites is 1. The molecule has 0 radical (unpaired) electrons. The molecule has 1 aliphatic heterocycles. The molecule has 2 amide bonds. The third kappa shape index (κ3) is 4.50. The Morgan fingerprint density at radius 2 is 1.58 bits per heavy atom. The van der Waals surface area contributed by atoms with E-state index in [4.69, 9.17) is 0 Å². The molecule has 138 valence electrons. The number of nitrogens with one attached hydrogen (secondary N) is 1. The smallest absolute Gasteiger partial charge is 0.317 e. The average molecular weight is 359 g/mol. The molecule has 1 fully saturated rings. The van der Waals surface area contributed by atoms with Gasteiger partial charge in [-0.05, 0) is 30.5 Å². The topological polar surface area (TPSA) is 35.6 Å². The van der Waals surface area contributed by atoms with Gasteiger partial charge in [0.15, 0.2) is 0 Å². The van der Waals surface area contributed by atoms with Crippen LogP contribution in [0, 0.1) is 11.6 Å². The number of carbonyl (C=O) groups excluding carboxylic acids is 1. The first kappa shape index (κ1) is 18.2. The highest BCUT2D eigenvalue weighted by Gasteiger charge is 2.24. The van der Waals surface area contributed by atoms with Crippen molar-refractivity contribution in [3.05, 3.63) is 65.7 Å². The molecule has 3 rings (SSSR count). The molecule has 0 unspecified atom stereocenters. The van der Waals surface area contributed by atoms with Crippen LogP contribution in [-0.4, -0.2) is 43.7 Å². The second-order valence-electron chi connectivity index (χ2n) is 6.37. The van der Waals surface area contributed by atoms with Gasteiger partial charge in [0.1, 0.15) is 17.3 Å². The van der Waals surface area contributed by atoms with Crippen molar-refractivity contribution in [1.82, 2.24) is 10.2 Å². The van der Waals surface area contributed by atoms with Crippen LogP contribution in [0.25, 0.3) is 0 Å². The van der Waals surface area contributed by atoms with Crippen molar-refractivity contribution in [1.29, 1.82) is 0 Å². The van der Waals surface area contributed by atoms with E-state index in [1.165, 1.54) is 23.8 Å². The summed E-state index contributed by atoms with van der Waals surface area (Å²) in [5, 5.41) is 2.92. The molecule has 0 bridgehead atoms. The van der Waals surface area contributed by atoms with Crippen LogP contribution in [0.15, 0.2) is 48.5 Å². The maximum atomic E-state index is 13.9. The Kier molecular flexibility index (Phi) is 6.04. The van der Waals surface area contributed by atoms with Crippen molar-refractivity contribution in [2.75, 3.05) is 37.6 Å². The second kappa shape index (κ2) is 8.65. The zero-order chi connectivity index (χ0) is 18.4. The molecule has 0 aromatic heterocycles. The van der Waals surface area contributed by atoms with Crippen LogP contribution in [0.4, 0.5) is 19.3 Å². The second-order valence-corrected chi connectivity index (χ2v) is 6.37. The van der Waals surface area contributed by atoms with E-state index >= 15 is 0 Å². The van der Waals surface area contributed by atoms with E-state index in [1.54, 1.807) is 9.80 Å². The maximum absolute atomic E-state index is 13.9. The predicted molar refractivity (Wildman–Crippen MR) is 98.3 cm³/mol. The molecule has 1 heterocycles. The number of nitrogens with zero attached hydrogens (tertiary/aromatic N) is 2. The van der Waals surface area contributed by atoms with E-state index in [-0.39, 0.29) is 11.7 Å². The van der Waals surface area contributed by atoms with E-state index in [9.17, 15) is 13.6 Å². The van der Waals surface area contributed by atoms with Crippen LogP contribution in [0.3, 0.4) is 0 Å². The van der Waals surface area contributed by atoms with Gasteiger partial charge in [0.05, 0.1) is 0 Å². The number of carbonyl (C=O) groups is 1. The molecule has 2 aromatic rings. The van der Waals surface area contributed by atoms with Crippen molar-refractivity contribution >= 4 is 11.7 Å². The van der Waals surface area contributed by atoms with Crippen molar-refractivity contribution < 1.29 is 13.6 Å². The first-order chi connectivity index (χ1) is 12.6. The zero-order valence-corrected chi connectivity index (χ0v) is 14.6. The minimum absolute atomic E-state index is 0.00424. The Labute approximate surface area is 152 Å². The maximum Gasteiger partial charge on any atom is 0.317 e. The number of anilines is 1. The van der Waals surface area contributed by atoms with Crippen molar-refractivity contribution in [2.45, 2.75) is 12.8 Å². The monoisotopic (exact) mass is 359 g/mol. The van der Waals surface area contributed by atoms with Crippen LogP contribution in [0.5, 0.6) is 0 Å². The molecule has 6 heteroatoms. The summed E-state index contributed by atoms with van der Waals surface area (Å²) in [6, 6.07) is 13.9. The third-order valence-corrected chi connectivity index (χ3v) is 4.58. The van der Waals surface area contributed by atoms with E-state index in [0.717, 1.165) is 12.8 Å². The van der Waals surface area contributed by atoms with Gasteiger partial charge in [0, 0.05) is 32.7 Å². The number of rotatable bonds is 5. The number of halogens is 2. The van der Waals surface area contributed by atoms with Gasteiger partial charge in [-0.2, -0.15) is 0 Å². The first-order valence-corrected chi connectivity index (χ1v) is 8.91. The predicted octanol–water partition coefficient (Wildman–Crippen LogP) is 3.43. The molecule has 0 atom stereocenters. The van der Waals surface area contributed by atoms with E-state index < -0.39 is 11.6 Å². The minimum Gasteiger partial charge on any atom is -0.363 e. The summed E-state index contributed by atoms with van der Waals surface area (Å²) in [5.74, 6) is -1.13. The van der Waals surface area contributed by atoms with Gasteiger partial charge in [-0.15, -0.1) is 0 Å². The summed E-state index contributed by atoms with van der Waals surface area (Å²) in [5.41, 5.74) is 1.25. The summed E-state index contributed by atoms with van der Waals surface area (Å²) in [6.07, 6.45) is 1.79. The van der Waals surface area contributed by atoms with Gasteiger partial charge in [-0.1, -0.05) is 36.4 Å². The van der Waals surface area contributed by atoms with Crippen molar-refractivity contribution in [3.8, 4) is 0 Å². The summed E-state index contributed by atoms with van der Waals surface area (Å²) in [7, 11) is 0. The van der Waals surface area contributed by atoms with Gasteiger partial charge in [-0.25, -0.2) is 13.6 Å². The Bertz CT molecular complexity index is 711. The quantitative estimate of drug-likeness (QED) is 0.831. The first-order valence-electron chi connectivity index (χ1n) is 8.91. The molecule has 0 aliphatic carbocycles. The SMILES string of the molecule is O=C(NCCCc1ccccc1)N1CCN(c2c(F)cccc2F)CC1. The Balaban J connectivity index is 1.42. The molecule has 2 aromatic carbocycles. The number of amides is 2. The van der Waals surface area contributed by atoms with E-state index in [2.05, 4.69) is 17.4 Å². The fourth-order valence-electron chi connectivity index (χ4n) is 3.17. The molecule has 0 saturated carbocycles. The highest BCUT2D eigenvalue weighted by molar-refractivity contribution is 5.74. The molecule has 4 nitrogen and oxygen atoms in total. The number of hydrogen-bond acceptors (Lipinski definition) is 2. The summed E-state index contributed by atoms with van der Waals surface area (Å²) in [6.45, 7) is 2.32. The lowest BCUT2D eigenvalue weighted by Gasteiger charge is -2.36. The van der Waals surface area contributed by atoms with Gasteiger partial charge in [0.25, 0.3) is 0 Å². The highest BCUT2D eigenvalue weighted by Crippen LogP contribution is 2.24. The Morgan fingerprint density at radius 3 is 2.23 bits per heavy atom. The van der Waals surface area contributed by atoms with Gasteiger partial charge in [0.2, 0.25) is 0 Å². The number of aryl methyl sites for hydroxylation is 1. The molecule has 1 saturated heterocycles. The molecule has 1 aliphatic rings. The summed E-state index contributed by atoms with van der Waals surface area (Å²) >= 11 is 0. The lowest BCUT2D eigenvalue weighted by molar-refractivity contribution is 0.194.